The molecule has 1 aromatic carbocycles. The van der Waals surface area contributed by atoms with E-state index in [2.05, 4.69) is 35.1 Å². The van der Waals surface area contributed by atoms with Gasteiger partial charge in [-0.1, -0.05) is 37.3 Å². The number of hydrogen-bond acceptors (Lipinski definition) is 3. The molecule has 94 valence electrons. The van der Waals surface area contributed by atoms with Gasteiger partial charge in [0.15, 0.2) is 12.2 Å². The number of pyridine rings is 1. The summed E-state index contributed by atoms with van der Waals surface area (Å²) < 4.78 is 5.40. The molecule has 0 bridgehead atoms. The van der Waals surface area contributed by atoms with Gasteiger partial charge in [-0.15, -0.1) is 0 Å². The fourth-order valence-corrected chi connectivity index (χ4v) is 2.09. The first-order chi connectivity index (χ1) is 9.38. The highest BCUT2D eigenvalue weighted by molar-refractivity contribution is 5.80. The second kappa shape index (κ2) is 5.06. The first-order valence-electron chi connectivity index (χ1n) is 6.31. The minimum atomic E-state index is 0.744. The van der Waals surface area contributed by atoms with Crippen LogP contribution in [0.15, 0.2) is 59.6 Å². The molecule has 0 saturated heterocycles. The van der Waals surface area contributed by atoms with E-state index < -0.39 is 0 Å². The second-order valence-electron chi connectivity index (χ2n) is 4.31. The van der Waals surface area contributed by atoms with Gasteiger partial charge in [-0.3, -0.25) is 4.98 Å². The number of nitrogens with zero attached hydrogens (tertiary/aromatic N) is 2. The maximum atomic E-state index is 5.40. The van der Waals surface area contributed by atoms with Crippen LogP contribution in [0.1, 0.15) is 12.6 Å². The average molecular weight is 250 g/mol. The monoisotopic (exact) mass is 250 g/mol. The molecule has 2 heterocycles. The Balaban J connectivity index is 2.20. The molecule has 3 rings (SSSR count). The summed E-state index contributed by atoms with van der Waals surface area (Å²) in [5.41, 5.74) is 4.33. The molecule has 0 aliphatic heterocycles. The van der Waals surface area contributed by atoms with Gasteiger partial charge >= 0.3 is 0 Å². The third-order valence-corrected chi connectivity index (χ3v) is 3.11. The zero-order valence-corrected chi connectivity index (χ0v) is 10.7. The molecule has 2 aromatic heterocycles. The van der Waals surface area contributed by atoms with Gasteiger partial charge in [-0.05, 0) is 23.6 Å². The van der Waals surface area contributed by atoms with Crippen LogP contribution in [0.4, 0.5) is 0 Å². The molecule has 0 spiro atoms. The molecule has 3 nitrogen and oxygen atoms in total. The van der Waals surface area contributed by atoms with Crippen molar-refractivity contribution >= 4 is 0 Å². The molecule has 0 amide bonds. The zero-order chi connectivity index (χ0) is 13.1. The highest BCUT2D eigenvalue weighted by Crippen LogP contribution is 2.31. The largest absolute Gasteiger partial charge is 0.443 e. The fraction of sp³-hybridized carbons (Fsp3) is 0.125. The van der Waals surface area contributed by atoms with Crippen LogP contribution in [-0.4, -0.2) is 9.97 Å². The molecule has 0 fully saturated rings. The van der Waals surface area contributed by atoms with Gasteiger partial charge in [-0.2, -0.15) is 0 Å². The fourth-order valence-electron chi connectivity index (χ4n) is 2.09. The van der Waals surface area contributed by atoms with Gasteiger partial charge in [0, 0.05) is 17.5 Å². The van der Waals surface area contributed by atoms with Crippen molar-refractivity contribution in [3.63, 3.8) is 0 Å². The molecule has 0 atom stereocenters. The normalized spacial score (nSPS) is 10.6. The summed E-state index contributed by atoms with van der Waals surface area (Å²) >= 11 is 0. The standard InChI is InChI=1S/C16H14N2O/c1-2-13-8-14(12-6-4-3-5-7-12)15(9-18-13)16-10-17-11-19-16/h3-11H,2H2,1H3. The second-order valence-corrected chi connectivity index (χ2v) is 4.31. The van der Waals surface area contributed by atoms with Crippen LogP contribution in [0.3, 0.4) is 0 Å². The average Bonchev–Trinajstić information content (AvgIpc) is 3.01. The van der Waals surface area contributed by atoms with Crippen molar-refractivity contribution < 1.29 is 4.42 Å². The third-order valence-electron chi connectivity index (χ3n) is 3.11. The molecular weight excluding hydrogens is 236 g/mol. The Labute approximate surface area is 112 Å². The van der Waals surface area contributed by atoms with Gasteiger partial charge in [0.25, 0.3) is 0 Å². The van der Waals surface area contributed by atoms with Gasteiger partial charge in [0.2, 0.25) is 0 Å². The number of hydrogen-bond donors (Lipinski definition) is 0. The van der Waals surface area contributed by atoms with Gasteiger partial charge in [0.05, 0.1) is 6.20 Å². The molecule has 0 radical (unpaired) electrons. The molecule has 19 heavy (non-hydrogen) atoms. The Bertz CT molecular complexity index is 660. The van der Waals surface area contributed by atoms with Crippen LogP contribution in [0.25, 0.3) is 22.5 Å². The van der Waals surface area contributed by atoms with Crippen molar-refractivity contribution in [2.45, 2.75) is 13.3 Å². The first kappa shape index (κ1) is 11.7. The summed E-state index contributed by atoms with van der Waals surface area (Å²) in [4.78, 5) is 8.43. The smallest absolute Gasteiger partial charge is 0.181 e. The highest BCUT2D eigenvalue weighted by Gasteiger charge is 2.11. The Kier molecular flexibility index (Phi) is 3.11. The van der Waals surface area contributed by atoms with E-state index in [1.54, 1.807) is 6.20 Å². The number of rotatable bonds is 3. The van der Waals surface area contributed by atoms with Crippen molar-refractivity contribution in [2.75, 3.05) is 0 Å². The quantitative estimate of drug-likeness (QED) is 0.706. The minimum absolute atomic E-state index is 0.744. The topological polar surface area (TPSA) is 38.9 Å². The van der Waals surface area contributed by atoms with E-state index in [-0.39, 0.29) is 0 Å². The van der Waals surface area contributed by atoms with Crippen LogP contribution in [0.5, 0.6) is 0 Å². The molecule has 0 unspecified atom stereocenters. The highest BCUT2D eigenvalue weighted by atomic mass is 16.3. The molecule has 0 aliphatic rings. The van der Waals surface area contributed by atoms with E-state index in [1.165, 1.54) is 6.39 Å². The molecule has 3 aromatic rings. The molecule has 0 N–H and O–H groups in total. The van der Waals surface area contributed by atoms with Crippen molar-refractivity contribution in [1.82, 2.24) is 9.97 Å². The first-order valence-corrected chi connectivity index (χ1v) is 6.31. The van der Waals surface area contributed by atoms with Crippen molar-refractivity contribution in [2.24, 2.45) is 0 Å². The van der Waals surface area contributed by atoms with E-state index in [0.717, 1.165) is 34.6 Å². The maximum Gasteiger partial charge on any atom is 0.181 e. The van der Waals surface area contributed by atoms with Crippen LogP contribution in [-0.2, 0) is 6.42 Å². The third kappa shape index (κ3) is 2.27. The predicted octanol–water partition coefficient (Wildman–Crippen LogP) is 3.97. The summed E-state index contributed by atoms with van der Waals surface area (Å²) in [6.07, 6.45) is 5.94. The Morgan fingerprint density at radius 1 is 1.05 bits per heavy atom. The lowest BCUT2D eigenvalue weighted by Gasteiger charge is -2.09. The van der Waals surface area contributed by atoms with E-state index in [4.69, 9.17) is 4.42 Å². The Morgan fingerprint density at radius 2 is 1.89 bits per heavy atom. The van der Waals surface area contributed by atoms with Crippen LogP contribution < -0.4 is 0 Å². The summed E-state index contributed by atoms with van der Waals surface area (Å²) in [5.74, 6) is 0.744. The number of aryl methyl sites for hydroxylation is 1. The lowest BCUT2D eigenvalue weighted by molar-refractivity contribution is 0.572. The van der Waals surface area contributed by atoms with E-state index in [0.29, 0.717) is 0 Å². The van der Waals surface area contributed by atoms with Crippen molar-refractivity contribution in [3.8, 4) is 22.5 Å². The lowest BCUT2D eigenvalue weighted by atomic mass is 9.99. The molecule has 0 aliphatic carbocycles. The van der Waals surface area contributed by atoms with E-state index in [1.807, 2.05) is 24.4 Å². The maximum absolute atomic E-state index is 5.40. The summed E-state index contributed by atoms with van der Waals surface area (Å²) in [6, 6.07) is 12.4. The number of oxazole rings is 1. The number of benzene rings is 1. The molecular formula is C16H14N2O. The van der Waals surface area contributed by atoms with Gasteiger partial charge in [-0.25, -0.2) is 4.98 Å². The summed E-state index contributed by atoms with van der Waals surface area (Å²) in [7, 11) is 0. The van der Waals surface area contributed by atoms with Crippen molar-refractivity contribution in [1.29, 1.82) is 0 Å². The van der Waals surface area contributed by atoms with E-state index in [9.17, 15) is 0 Å². The number of aromatic nitrogens is 2. The van der Waals surface area contributed by atoms with Crippen molar-refractivity contribution in [3.05, 3.63) is 60.9 Å². The van der Waals surface area contributed by atoms with Gasteiger partial charge in [0.1, 0.15) is 0 Å². The van der Waals surface area contributed by atoms with Crippen LogP contribution in [0.2, 0.25) is 0 Å². The van der Waals surface area contributed by atoms with Crippen LogP contribution in [0, 0.1) is 0 Å². The van der Waals surface area contributed by atoms with Crippen LogP contribution >= 0.6 is 0 Å². The SMILES string of the molecule is CCc1cc(-c2ccccc2)c(-c2cnco2)cn1. The minimum Gasteiger partial charge on any atom is -0.443 e. The Hall–Kier alpha value is -2.42. The lowest BCUT2D eigenvalue weighted by Crippen LogP contribution is -1.91. The van der Waals surface area contributed by atoms with E-state index >= 15 is 0 Å². The predicted molar refractivity (Wildman–Crippen MR) is 74.5 cm³/mol. The molecule has 0 saturated carbocycles. The Morgan fingerprint density at radius 3 is 2.58 bits per heavy atom. The zero-order valence-electron chi connectivity index (χ0n) is 10.7. The summed E-state index contributed by atoms with van der Waals surface area (Å²) in [5, 5.41) is 0. The van der Waals surface area contributed by atoms with Gasteiger partial charge < -0.3 is 4.42 Å². The summed E-state index contributed by atoms with van der Waals surface area (Å²) in [6.45, 7) is 2.10. The molecule has 3 heteroatoms.